The molecule has 0 unspecified atom stereocenters. The number of ether oxygens (including phenoxy) is 6. The average molecular weight is 712 g/mol. The Kier molecular flexibility index (Phi) is 10.9. The SMILES string of the molecule is CC(F)(F)OC(F)(F)C(F)(F)OC(F)(F)C(F)(F)OC(F)(F)C(F)(F)OC(F)(F)C(F)(F)OC(F)(F)C(F)(F)OC(F)F. The molecule has 0 bridgehead atoms. The summed E-state index contributed by atoms with van der Waals surface area (Å²) in [5.41, 5.74) is 0. The second kappa shape index (κ2) is 11.5. The summed E-state index contributed by atoms with van der Waals surface area (Å²) in [5.74, 6) is 0. The maximum absolute atomic E-state index is 13.3. The van der Waals surface area contributed by atoms with Crippen molar-refractivity contribution in [1.82, 2.24) is 0 Å². The molecule has 43 heavy (non-hydrogen) atoms. The largest absolute Gasteiger partial charge is 0.453 e. The molecular weight excluding hydrogens is 708 g/mol. The van der Waals surface area contributed by atoms with Crippen LogP contribution in [0.3, 0.4) is 0 Å². The van der Waals surface area contributed by atoms with Crippen LogP contribution in [0, 0.1) is 0 Å². The van der Waals surface area contributed by atoms with Crippen molar-refractivity contribution in [3.8, 4) is 0 Å². The summed E-state index contributed by atoms with van der Waals surface area (Å²) in [6.07, 6.45) is -82.4. The molecule has 0 saturated carbocycles. The molecule has 0 fully saturated rings. The van der Waals surface area contributed by atoms with Gasteiger partial charge in [0.15, 0.2) is 0 Å². The molecule has 0 heterocycles. The van der Waals surface area contributed by atoms with E-state index in [-0.39, 0.29) is 0 Å². The highest BCUT2D eigenvalue weighted by Gasteiger charge is 2.79. The molecule has 0 radical (unpaired) electrons. The Bertz CT molecular complexity index is 942. The summed E-state index contributed by atoms with van der Waals surface area (Å²) in [4.78, 5) is 0. The van der Waals surface area contributed by atoms with Crippen molar-refractivity contribution in [3.63, 3.8) is 0 Å². The van der Waals surface area contributed by atoms with Gasteiger partial charge in [0.05, 0.1) is 0 Å². The van der Waals surface area contributed by atoms with Gasteiger partial charge < -0.3 is 0 Å². The normalized spacial score (nSPS) is 16.3. The summed E-state index contributed by atoms with van der Waals surface area (Å²) in [5, 5.41) is 0. The predicted molar refractivity (Wildman–Crippen MR) is 72.6 cm³/mol. The van der Waals surface area contributed by atoms with Crippen LogP contribution in [0.5, 0.6) is 0 Å². The Labute approximate surface area is 216 Å². The fourth-order valence-corrected chi connectivity index (χ4v) is 1.58. The third kappa shape index (κ3) is 9.53. The Balaban J connectivity index is 6.16. The van der Waals surface area contributed by atoms with Gasteiger partial charge in [-0.25, -0.2) is 23.7 Å². The standard InChI is InChI=1S/C13H4F24O6/c1-3(16,17)39-6(22,23)7(24,25)41-10(30,31)11(32,33)43-13(36,37)12(34,35)42-9(28,29)8(26,27)40-5(20,21)4(18,19)38-2(14)15/h2H,1H3. The molecular formula is C13H4F24O6. The van der Waals surface area contributed by atoms with Crippen LogP contribution in [0.25, 0.3) is 0 Å². The van der Waals surface area contributed by atoms with E-state index >= 15 is 0 Å². The van der Waals surface area contributed by atoms with E-state index in [1.165, 1.54) is 18.9 Å². The van der Waals surface area contributed by atoms with Gasteiger partial charge in [0.25, 0.3) is 0 Å². The quantitative estimate of drug-likeness (QED) is 0.143. The number of alkyl halides is 24. The molecule has 30 heteroatoms. The first-order chi connectivity index (χ1) is 18.2. The Morgan fingerprint density at radius 1 is 0.302 bits per heavy atom. The van der Waals surface area contributed by atoms with Crippen LogP contribution >= 0.6 is 0 Å². The minimum atomic E-state index is -8.07. The molecule has 0 amide bonds. The molecule has 0 aliphatic rings. The summed E-state index contributed by atoms with van der Waals surface area (Å²) in [7, 11) is 0. The summed E-state index contributed by atoms with van der Waals surface area (Å²) < 4.78 is 318. The fourth-order valence-electron chi connectivity index (χ4n) is 1.58. The van der Waals surface area contributed by atoms with Gasteiger partial charge in [-0.3, -0.25) is 4.74 Å². The smallest absolute Gasteiger partial charge is 0.251 e. The number of rotatable bonds is 17. The third-order valence-corrected chi connectivity index (χ3v) is 3.26. The van der Waals surface area contributed by atoms with Crippen molar-refractivity contribution < 1.29 is 134 Å². The minimum Gasteiger partial charge on any atom is -0.251 e. The lowest BCUT2D eigenvalue weighted by Gasteiger charge is -2.36. The Hall–Kier alpha value is -1.92. The van der Waals surface area contributed by atoms with Crippen LogP contribution < -0.4 is 0 Å². The first-order valence-corrected chi connectivity index (χ1v) is 8.83. The zero-order valence-corrected chi connectivity index (χ0v) is 18.6. The van der Waals surface area contributed by atoms with E-state index in [0.29, 0.717) is 0 Å². The van der Waals surface area contributed by atoms with Crippen molar-refractivity contribution in [2.75, 3.05) is 0 Å². The van der Waals surface area contributed by atoms with Gasteiger partial charge in [-0.1, -0.05) is 0 Å². The zero-order valence-electron chi connectivity index (χ0n) is 18.6. The zero-order chi connectivity index (χ0) is 35.3. The molecule has 0 N–H and O–H groups in total. The highest BCUT2D eigenvalue weighted by molar-refractivity contribution is 4.81. The van der Waals surface area contributed by atoms with E-state index in [1.54, 1.807) is 4.74 Å². The molecule has 0 atom stereocenters. The molecule has 6 nitrogen and oxygen atoms in total. The molecule has 0 saturated heterocycles. The van der Waals surface area contributed by atoms with E-state index in [4.69, 9.17) is 0 Å². The van der Waals surface area contributed by atoms with Gasteiger partial charge in [-0.05, 0) is 0 Å². The number of hydrogen-bond donors (Lipinski definition) is 0. The van der Waals surface area contributed by atoms with E-state index in [0.717, 1.165) is 0 Å². The van der Waals surface area contributed by atoms with Gasteiger partial charge in [0.1, 0.15) is 0 Å². The van der Waals surface area contributed by atoms with E-state index in [2.05, 4.69) is 0 Å². The molecule has 260 valence electrons. The second-order valence-corrected chi connectivity index (χ2v) is 6.86. The first kappa shape index (κ1) is 41.1. The lowest BCUT2D eigenvalue weighted by Crippen LogP contribution is -2.61. The topological polar surface area (TPSA) is 55.4 Å². The predicted octanol–water partition coefficient (Wildman–Crippen LogP) is 7.85. The molecule has 0 rings (SSSR count). The van der Waals surface area contributed by atoms with Crippen molar-refractivity contribution >= 4 is 0 Å². The maximum atomic E-state index is 13.3. The molecule has 0 spiro atoms. The van der Waals surface area contributed by atoms with Crippen LogP contribution in [0.15, 0.2) is 0 Å². The number of halogens is 24. The summed E-state index contributed by atoms with van der Waals surface area (Å²) in [6, 6.07) is 0. The van der Waals surface area contributed by atoms with Crippen LogP contribution in [0.2, 0.25) is 0 Å². The van der Waals surface area contributed by atoms with Crippen molar-refractivity contribution in [2.24, 2.45) is 0 Å². The summed E-state index contributed by atoms with van der Waals surface area (Å²) >= 11 is 0. The highest BCUT2D eigenvalue weighted by Crippen LogP contribution is 2.53. The van der Waals surface area contributed by atoms with Gasteiger partial charge in [-0.15, -0.1) is 0 Å². The van der Waals surface area contributed by atoms with Gasteiger partial charge in [-0.2, -0.15) is 105 Å². The van der Waals surface area contributed by atoms with Crippen molar-refractivity contribution in [1.29, 1.82) is 0 Å². The van der Waals surface area contributed by atoms with Gasteiger partial charge in [0.2, 0.25) is 0 Å². The van der Waals surface area contributed by atoms with Crippen LogP contribution in [0.1, 0.15) is 6.92 Å². The van der Waals surface area contributed by atoms with E-state index in [9.17, 15) is 105 Å². The molecule has 0 aromatic rings. The van der Waals surface area contributed by atoms with Gasteiger partial charge in [0, 0.05) is 6.92 Å². The minimum absolute atomic E-state index is 0.816. The van der Waals surface area contributed by atoms with E-state index < -0.39 is 80.7 Å². The second-order valence-electron chi connectivity index (χ2n) is 6.86. The maximum Gasteiger partial charge on any atom is 0.453 e. The first-order valence-electron chi connectivity index (χ1n) is 8.83. The molecule has 0 aromatic heterocycles. The van der Waals surface area contributed by atoms with Crippen molar-refractivity contribution in [2.45, 2.75) is 80.7 Å². The third-order valence-electron chi connectivity index (χ3n) is 3.26. The van der Waals surface area contributed by atoms with Gasteiger partial charge >= 0.3 is 73.8 Å². The Morgan fingerprint density at radius 3 is 0.628 bits per heavy atom. The molecule has 0 aliphatic heterocycles. The monoisotopic (exact) mass is 712 g/mol. The van der Waals surface area contributed by atoms with Crippen LogP contribution in [-0.4, -0.2) is 73.8 Å². The van der Waals surface area contributed by atoms with Crippen LogP contribution in [0.4, 0.5) is 105 Å². The molecule has 0 aromatic carbocycles. The molecule has 0 aliphatic carbocycles. The summed E-state index contributed by atoms with van der Waals surface area (Å²) in [6.45, 7) is -5.87. The lowest BCUT2D eigenvalue weighted by molar-refractivity contribution is -0.592. The number of hydrogen-bond acceptors (Lipinski definition) is 6. The van der Waals surface area contributed by atoms with Crippen molar-refractivity contribution in [3.05, 3.63) is 0 Å². The fraction of sp³-hybridized carbons (Fsp3) is 1.00. The van der Waals surface area contributed by atoms with E-state index in [1.807, 2.05) is 4.74 Å². The highest BCUT2D eigenvalue weighted by atomic mass is 19.4. The Morgan fingerprint density at radius 2 is 0.465 bits per heavy atom. The lowest BCUT2D eigenvalue weighted by atomic mass is 10.4. The average Bonchev–Trinajstić information content (AvgIpc) is 2.60. The van der Waals surface area contributed by atoms with Crippen LogP contribution in [-0.2, 0) is 28.4 Å².